The molecule has 1 aliphatic rings. The van der Waals surface area contributed by atoms with Gasteiger partial charge >= 0.3 is 0 Å². The van der Waals surface area contributed by atoms with E-state index in [1.54, 1.807) is 17.0 Å². The van der Waals surface area contributed by atoms with E-state index < -0.39 is 16.1 Å². The predicted molar refractivity (Wildman–Crippen MR) is 76.7 cm³/mol. The van der Waals surface area contributed by atoms with E-state index in [4.69, 9.17) is 10.9 Å². The summed E-state index contributed by atoms with van der Waals surface area (Å²) in [4.78, 5) is 13.6. The zero-order valence-corrected chi connectivity index (χ0v) is 12.0. The second kappa shape index (κ2) is 5.29. The minimum atomic E-state index is -3.91. The number of amides is 1. The molecule has 1 amide bonds. The first-order chi connectivity index (χ1) is 9.34. The number of piperazine rings is 1. The number of nitrogen functional groups attached to an aromatic ring is 1. The number of benzene rings is 1. The van der Waals surface area contributed by atoms with Crippen LogP contribution in [0.3, 0.4) is 0 Å². The zero-order valence-electron chi connectivity index (χ0n) is 11.2. The van der Waals surface area contributed by atoms with Gasteiger partial charge in [-0.1, -0.05) is 6.92 Å². The van der Waals surface area contributed by atoms with Gasteiger partial charge in [-0.05, 0) is 24.6 Å². The Morgan fingerprint density at radius 2 is 2.15 bits per heavy atom. The molecule has 1 atom stereocenters. The summed E-state index contributed by atoms with van der Waals surface area (Å²) in [6, 6.07) is 4.11. The molecule has 0 saturated carbocycles. The molecule has 0 radical (unpaired) electrons. The SMILES string of the molecule is CCC1C(=O)NCCN1c1ccc(N)cc1S(N)(=O)=O. The normalized spacial score (nSPS) is 19.8. The second-order valence-corrected chi connectivity index (χ2v) is 6.21. The molecule has 0 aliphatic carbocycles. The van der Waals surface area contributed by atoms with Gasteiger partial charge in [0.1, 0.15) is 10.9 Å². The van der Waals surface area contributed by atoms with Gasteiger partial charge in [-0.3, -0.25) is 4.79 Å². The molecular weight excluding hydrogens is 280 g/mol. The molecule has 1 heterocycles. The number of rotatable bonds is 3. The van der Waals surface area contributed by atoms with Crippen molar-refractivity contribution in [3.63, 3.8) is 0 Å². The number of nitrogens with two attached hydrogens (primary N) is 2. The highest BCUT2D eigenvalue weighted by atomic mass is 32.2. The third kappa shape index (κ3) is 2.70. The van der Waals surface area contributed by atoms with Crippen LogP contribution in [0.2, 0.25) is 0 Å². The Kier molecular flexibility index (Phi) is 3.87. The van der Waals surface area contributed by atoms with Crippen LogP contribution in [0.5, 0.6) is 0 Å². The fourth-order valence-electron chi connectivity index (χ4n) is 2.40. The molecule has 1 aromatic carbocycles. The largest absolute Gasteiger partial charge is 0.399 e. The molecule has 0 aromatic heterocycles. The highest BCUT2D eigenvalue weighted by molar-refractivity contribution is 7.89. The van der Waals surface area contributed by atoms with Crippen molar-refractivity contribution in [1.82, 2.24) is 5.32 Å². The first kappa shape index (κ1) is 14.6. The Labute approximate surface area is 118 Å². The average Bonchev–Trinajstić information content (AvgIpc) is 2.37. The first-order valence-corrected chi connectivity index (χ1v) is 7.86. The van der Waals surface area contributed by atoms with Crippen molar-refractivity contribution in [2.24, 2.45) is 5.14 Å². The fourth-order valence-corrected chi connectivity index (χ4v) is 3.18. The Balaban J connectivity index is 2.54. The molecule has 0 spiro atoms. The van der Waals surface area contributed by atoms with Crippen LogP contribution in [-0.4, -0.2) is 33.5 Å². The highest BCUT2D eigenvalue weighted by Crippen LogP contribution is 2.29. The standard InChI is InChI=1S/C12H18N4O3S/c1-2-9-12(17)15-5-6-16(9)10-4-3-8(13)7-11(10)20(14,18)19/h3-4,7,9H,2,5-6,13H2,1H3,(H,15,17)(H2,14,18,19). The monoisotopic (exact) mass is 298 g/mol. The van der Waals surface area contributed by atoms with Crippen LogP contribution in [0.4, 0.5) is 11.4 Å². The molecule has 110 valence electrons. The fraction of sp³-hybridized carbons (Fsp3) is 0.417. The van der Waals surface area contributed by atoms with Gasteiger partial charge in [-0.2, -0.15) is 0 Å². The lowest BCUT2D eigenvalue weighted by atomic mass is 10.1. The molecule has 2 rings (SSSR count). The summed E-state index contributed by atoms with van der Waals surface area (Å²) < 4.78 is 23.4. The van der Waals surface area contributed by atoms with Crippen molar-refractivity contribution in [1.29, 1.82) is 0 Å². The van der Waals surface area contributed by atoms with Gasteiger partial charge in [-0.25, -0.2) is 13.6 Å². The van der Waals surface area contributed by atoms with Crippen molar-refractivity contribution in [2.75, 3.05) is 23.7 Å². The molecular formula is C12H18N4O3S. The number of carbonyl (C=O) groups excluding carboxylic acids is 1. The van der Waals surface area contributed by atoms with E-state index >= 15 is 0 Å². The maximum atomic E-state index is 11.9. The lowest BCUT2D eigenvalue weighted by Gasteiger charge is -2.37. The van der Waals surface area contributed by atoms with Gasteiger partial charge < -0.3 is 16.0 Å². The van der Waals surface area contributed by atoms with Crippen LogP contribution in [0, 0.1) is 0 Å². The lowest BCUT2D eigenvalue weighted by Crippen LogP contribution is -2.55. The van der Waals surface area contributed by atoms with Crippen LogP contribution in [0.15, 0.2) is 23.1 Å². The number of primary sulfonamides is 1. The lowest BCUT2D eigenvalue weighted by molar-refractivity contribution is -0.123. The van der Waals surface area contributed by atoms with E-state index in [0.717, 1.165) is 0 Å². The molecule has 5 N–H and O–H groups in total. The maximum Gasteiger partial charge on any atom is 0.242 e. The van der Waals surface area contributed by atoms with Gasteiger partial charge in [0.15, 0.2) is 0 Å². The summed E-state index contributed by atoms with van der Waals surface area (Å²) in [7, 11) is -3.91. The number of carbonyl (C=O) groups is 1. The molecule has 0 bridgehead atoms. The van der Waals surface area contributed by atoms with E-state index in [9.17, 15) is 13.2 Å². The van der Waals surface area contributed by atoms with Crippen molar-refractivity contribution < 1.29 is 13.2 Å². The summed E-state index contributed by atoms with van der Waals surface area (Å²) in [5.74, 6) is -0.115. The van der Waals surface area contributed by atoms with Crippen molar-refractivity contribution >= 4 is 27.3 Å². The second-order valence-electron chi connectivity index (χ2n) is 4.68. The van der Waals surface area contributed by atoms with E-state index in [2.05, 4.69) is 5.32 Å². The quantitative estimate of drug-likeness (QED) is 0.658. The minimum absolute atomic E-state index is 0.0503. The number of nitrogens with zero attached hydrogens (tertiary/aromatic N) is 1. The van der Waals surface area contributed by atoms with Gasteiger partial charge in [0.2, 0.25) is 15.9 Å². The molecule has 7 nitrogen and oxygen atoms in total. The Morgan fingerprint density at radius 3 is 2.75 bits per heavy atom. The van der Waals surface area contributed by atoms with Crippen molar-refractivity contribution in [3.8, 4) is 0 Å². The smallest absolute Gasteiger partial charge is 0.242 e. The Bertz CT molecular complexity index is 630. The average molecular weight is 298 g/mol. The number of hydrogen-bond acceptors (Lipinski definition) is 5. The van der Waals surface area contributed by atoms with E-state index in [-0.39, 0.29) is 10.8 Å². The van der Waals surface area contributed by atoms with Gasteiger partial charge in [0, 0.05) is 18.8 Å². The predicted octanol–water partition coefficient (Wildman–Crippen LogP) is -0.369. The van der Waals surface area contributed by atoms with Crippen LogP contribution < -0.4 is 21.1 Å². The Hall–Kier alpha value is -1.80. The third-order valence-corrected chi connectivity index (χ3v) is 4.26. The van der Waals surface area contributed by atoms with E-state index in [0.29, 0.717) is 30.9 Å². The number of sulfonamides is 1. The number of anilines is 2. The van der Waals surface area contributed by atoms with Crippen LogP contribution in [-0.2, 0) is 14.8 Å². The summed E-state index contributed by atoms with van der Waals surface area (Å²) in [5.41, 5.74) is 6.36. The number of nitrogens with one attached hydrogen (secondary N) is 1. The maximum absolute atomic E-state index is 11.9. The highest BCUT2D eigenvalue weighted by Gasteiger charge is 2.31. The van der Waals surface area contributed by atoms with Crippen molar-refractivity contribution in [3.05, 3.63) is 18.2 Å². The van der Waals surface area contributed by atoms with E-state index in [1.807, 2.05) is 6.92 Å². The van der Waals surface area contributed by atoms with Gasteiger partial charge in [0.05, 0.1) is 5.69 Å². The summed E-state index contributed by atoms with van der Waals surface area (Å²) in [6.45, 7) is 2.86. The summed E-state index contributed by atoms with van der Waals surface area (Å²) >= 11 is 0. The molecule has 8 heteroatoms. The minimum Gasteiger partial charge on any atom is -0.399 e. The topological polar surface area (TPSA) is 119 Å². The van der Waals surface area contributed by atoms with Gasteiger partial charge in [-0.15, -0.1) is 0 Å². The van der Waals surface area contributed by atoms with Crippen molar-refractivity contribution in [2.45, 2.75) is 24.3 Å². The molecule has 1 aromatic rings. The summed E-state index contributed by atoms with van der Waals surface area (Å²) in [5, 5.41) is 8.01. The van der Waals surface area contributed by atoms with Crippen LogP contribution in [0.25, 0.3) is 0 Å². The first-order valence-electron chi connectivity index (χ1n) is 6.31. The number of hydrogen-bond donors (Lipinski definition) is 3. The van der Waals surface area contributed by atoms with E-state index in [1.165, 1.54) is 6.07 Å². The van der Waals surface area contributed by atoms with Gasteiger partial charge in [0.25, 0.3) is 0 Å². The zero-order chi connectivity index (χ0) is 14.9. The summed E-state index contributed by atoms with van der Waals surface area (Å²) in [6.07, 6.45) is 0.570. The third-order valence-electron chi connectivity index (χ3n) is 3.32. The Morgan fingerprint density at radius 1 is 1.45 bits per heavy atom. The molecule has 1 saturated heterocycles. The molecule has 1 fully saturated rings. The molecule has 1 unspecified atom stereocenters. The van der Waals surface area contributed by atoms with Crippen LogP contribution >= 0.6 is 0 Å². The molecule has 20 heavy (non-hydrogen) atoms. The van der Waals surface area contributed by atoms with Crippen LogP contribution in [0.1, 0.15) is 13.3 Å². The molecule has 1 aliphatic heterocycles.